The van der Waals surface area contributed by atoms with E-state index in [0.717, 1.165) is 0 Å². The van der Waals surface area contributed by atoms with Crippen molar-refractivity contribution in [3.8, 4) is 27.9 Å². The number of rotatable bonds is 2. The molecule has 0 aliphatic rings. The summed E-state index contributed by atoms with van der Waals surface area (Å²) < 4.78 is 8.81. The van der Waals surface area contributed by atoms with E-state index in [0.29, 0.717) is 22.2 Å². The smallest absolute Gasteiger partial charge is 0.271 e. The van der Waals surface area contributed by atoms with Crippen molar-refractivity contribution in [1.29, 1.82) is 0 Å². The topological polar surface area (TPSA) is 84.9 Å². The van der Waals surface area contributed by atoms with Crippen LogP contribution in [0.5, 0.6) is 5.75 Å². The van der Waals surface area contributed by atoms with Gasteiger partial charge >= 0.3 is 0 Å². The zero-order chi connectivity index (χ0) is 11.7. The first-order valence-electron chi connectivity index (χ1n) is 4.74. The molecular formula is C10H6N4O2S. The maximum absolute atomic E-state index is 9.36. The van der Waals surface area contributed by atoms with Crippen LogP contribution in [0, 0.1) is 0 Å². The van der Waals surface area contributed by atoms with Gasteiger partial charge in [-0.1, -0.05) is 21.8 Å². The van der Waals surface area contributed by atoms with E-state index in [1.54, 1.807) is 30.5 Å². The van der Waals surface area contributed by atoms with E-state index >= 15 is 0 Å². The number of phenols is 1. The Hall–Kier alpha value is -2.28. The van der Waals surface area contributed by atoms with Gasteiger partial charge in [0.25, 0.3) is 5.89 Å². The predicted molar refractivity (Wildman–Crippen MR) is 60.3 cm³/mol. The molecule has 0 saturated carbocycles. The molecule has 0 bridgehead atoms. The van der Waals surface area contributed by atoms with Crippen LogP contribution in [0.3, 0.4) is 0 Å². The summed E-state index contributed by atoms with van der Waals surface area (Å²) in [5, 5.41) is 16.9. The van der Waals surface area contributed by atoms with Crippen LogP contribution in [0.25, 0.3) is 22.2 Å². The van der Waals surface area contributed by atoms with E-state index in [1.807, 2.05) is 0 Å². The summed E-state index contributed by atoms with van der Waals surface area (Å²) in [6.07, 6.45) is 1.56. The first-order chi connectivity index (χ1) is 8.33. The lowest BCUT2D eigenvalue weighted by molar-refractivity contribution is 0.433. The van der Waals surface area contributed by atoms with E-state index in [9.17, 15) is 5.11 Å². The maximum Gasteiger partial charge on any atom is 0.271 e. The minimum absolute atomic E-state index is 0.160. The molecule has 0 atom stereocenters. The van der Waals surface area contributed by atoms with Gasteiger partial charge in [-0.2, -0.15) is 4.98 Å². The summed E-state index contributed by atoms with van der Waals surface area (Å²) in [5.74, 6) is 0.955. The Morgan fingerprint density at radius 1 is 1.29 bits per heavy atom. The van der Waals surface area contributed by atoms with Crippen molar-refractivity contribution < 1.29 is 9.63 Å². The van der Waals surface area contributed by atoms with Crippen LogP contribution in [0.15, 0.2) is 35.0 Å². The number of phenolic OH excluding ortho intramolecular Hbond substituents is 1. The minimum atomic E-state index is 0.160. The summed E-state index contributed by atoms with van der Waals surface area (Å²) in [4.78, 5) is 4.92. The van der Waals surface area contributed by atoms with E-state index in [4.69, 9.17) is 4.52 Å². The second-order valence-corrected chi connectivity index (χ2v) is 4.04. The highest BCUT2D eigenvalue weighted by atomic mass is 32.1. The molecule has 6 nitrogen and oxygen atoms in total. The minimum Gasteiger partial charge on any atom is -0.508 e. The Morgan fingerprint density at radius 2 is 2.24 bits per heavy atom. The monoisotopic (exact) mass is 246 g/mol. The largest absolute Gasteiger partial charge is 0.508 e. The summed E-state index contributed by atoms with van der Waals surface area (Å²) in [5.41, 5.74) is 0.692. The van der Waals surface area contributed by atoms with E-state index in [-0.39, 0.29) is 5.75 Å². The molecule has 1 N–H and O–H groups in total. The van der Waals surface area contributed by atoms with Gasteiger partial charge in [0.1, 0.15) is 10.6 Å². The third-order valence-electron chi connectivity index (χ3n) is 2.10. The molecule has 2 aromatic heterocycles. The lowest BCUT2D eigenvalue weighted by atomic mass is 10.2. The van der Waals surface area contributed by atoms with Crippen molar-refractivity contribution in [2.24, 2.45) is 0 Å². The maximum atomic E-state index is 9.36. The summed E-state index contributed by atoms with van der Waals surface area (Å²) >= 11 is 1.18. The molecule has 2 heterocycles. The van der Waals surface area contributed by atoms with Gasteiger partial charge in [-0.3, -0.25) is 0 Å². The predicted octanol–water partition coefficient (Wildman–Crippen LogP) is 1.96. The highest BCUT2D eigenvalue weighted by Crippen LogP contribution is 2.25. The molecule has 84 valence electrons. The Labute approximate surface area is 99.7 Å². The van der Waals surface area contributed by atoms with Crippen LogP contribution in [0.1, 0.15) is 0 Å². The third-order valence-corrected chi connectivity index (χ3v) is 2.76. The Balaban J connectivity index is 2.01. The Bertz CT molecular complexity index is 635. The van der Waals surface area contributed by atoms with Gasteiger partial charge in [-0.05, 0) is 23.7 Å². The molecule has 0 unspecified atom stereocenters. The van der Waals surface area contributed by atoms with Crippen molar-refractivity contribution in [2.45, 2.75) is 0 Å². The van der Waals surface area contributed by atoms with Gasteiger partial charge < -0.3 is 9.63 Å². The molecule has 3 rings (SSSR count). The van der Waals surface area contributed by atoms with Crippen LogP contribution in [-0.4, -0.2) is 24.8 Å². The first kappa shape index (κ1) is 9.91. The quantitative estimate of drug-likeness (QED) is 0.744. The Morgan fingerprint density at radius 3 is 3.00 bits per heavy atom. The van der Waals surface area contributed by atoms with Crippen molar-refractivity contribution >= 4 is 11.5 Å². The molecule has 0 aliphatic carbocycles. The van der Waals surface area contributed by atoms with E-state index in [2.05, 4.69) is 19.7 Å². The number of benzene rings is 1. The average Bonchev–Trinajstić information content (AvgIpc) is 3.00. The number of hydrogen-bond donors (Lipinski definition) is 1. The molecule has 17 heavy (non-hydrogen) atoms. The molecule has 3 aromatic rings. The fourth-order valence-electron chi connectivity index (χ4n) is 1.35. The first-order valence-corrected chi connectivity index (χ1v) is 5.51. The summed E-state index contributed by atoms with van der Waals surface area (Å²) in [7, 11) is 0. The highest BCUT2D eigenvalue weighted by molar-refractivity contribution is 7.09. The molecule has 0 spiro atoms. The number of aromatic hydroxyl groups is 1. The fourth-order valence-corrected chi connectivity index (χ4v) is 1.78. The highest BCUT2D eigenvalue weighted by Gasteiger charge is 2.12. The van der Waals surface area contributed by atoms with Gasteiger partial charge in [0.15, 0.2) is 0 Å². The number of aromatic nitrogens is 4. The molecular weight excluding hydrogens is 240 g/mol. The normalized spacial score (nSPS) is 10.6. The second-order valence-electron chi connectivity index (χ2n) is 3.26. The average molecular weight is 246 g/mol. The molecule has 0 fully saturated rings. The zero-order valence-corrected chi connectivity index (χ0v) is 9.26. The Kier molecular flexibility index (Phi) is 2.30. The standard InChI is InChI=1S/C10H6N4O2S/c15-7-3-1-2-6(4-7)9-12-10(16-13-9)8-5-11-14-17-8/h1-5,15H. The van der Waals surface area contributed by atoms with Crippen molar-refractivity contribution in [3.63, 3.8) is 0 Å². The van der Waals surface area contributed by atoms with Crippen LogP contribution < -0.4 is 0 Å². The van der Waals surface area contributed by atoms with Crippen LogP contribution >= 0.6 is 11.5 Å². The number of nitrogens with zero attached hydrogens (tertiary/aromatic N) is 4. The third kappa shape index (κ3) is 1.87. The van der Waals surface area contributed by atoms with Gasteiger partial charge in [0, 0.05) is 5.56 Å². The molecule has 1 aromatic carbocycles. The number of hydrogen-bond acceptors (Lipinski definition) is 7. The zero-order valence-electron chi connectivity index (χ0n) is 8.44. The van der Waals surface area contributed by atoms with E-state index < -0.39 is 0 Å². The lowest BCUT2D eigenvalue weighted by Gasteiger charge is -1.94. The van der Waals surface area contributed by atoms with Crippen molar-refractivity contribution in [2.75, 3.05) is 0 Å². The van der Waals surface area contributed by atoms with E-state index in [1.165, 1.54) is 11.5 Å². The van der Waals surface area contributed by atoms with Crippen LogP contribution in [0.4, 0.5) is 0 Å². The molecule has 0 amide bonds. The van der Waals surface area contributed by atoms with Gasteiger partial charge in [0.2, 0.25) is 5.82 Å². The lowest BCUT2D eigenvalue weighted by Crippen LogP contribution is -1.79. The summed E-state index contributed by atoms with van der Waals surface area (Å²) in [6, 6.07) is 6.66. The van der Waals surface area contributed by atoms with Crippen molar-refractivity contribution in [1.82, 2.24) is 19.7 Å². The van der Waals surface area contributed by atoms with Gasteiger partial charge in [-0.15, -0.1) is 5.10 Å². The SMILES string of the molecule is Oc1cccc(-c2noc(-c3cnns3)n2)c1. The van der Waals surface area contributed by atoms with Crippen LogP contribution in [0.2, 0.25) is 0 Å². The van der Waals surface area contributed by atoms with Gasteiger partial charge in [-0.25, -0.2) is 0 Å². The van der Waals surface area contributed by atoms with Crippen molar-refractivity contribution in [3.05, 3.63) is 30.5 Å². The molecule has 0 aliphatic heterocycles. The van der Waals surface area contributed by atoms with Crippen LogP contribution in [-0.2, 0) is 0 Å². The molecule has 0 radical (unpaired) electrons. The molecule has 7 heteroatoms. The second kappa shape index (κ2) is 3.95. The molecule has 0 saturated heterocycles. The van der Waals surface area contributed by atoms with Gasteiger partial charge in [0.05, 0.1) is 6.20 Å². The fraction of sp³-hybridized carbons (Fsp3) is 0. The summed E-state index contributed by atoms with van der Waals surface area (Å²) in [6.45, 7) is 0.